The highest BCUT2D eigenvalue weighted by atomic mass is 16.5. The van der Waals surface area contributed by atoms with Crippen LogP contribution in [0.3, 0.4) is 0 Å². The van der Waals surface area contributed by atoms with E-state index < -0.39 is 6.04 Å². The van der Waals surface area contributed by atoms with E-state index in [1.165, 1.54) is 5.56 Å². The van der Waals surface area contributed by atoms with Crippen LogP contribution in [-0.2, 0) is 16.1 Å². The molecule has 0 aromatic heterocycles. The summed E-state index contributed by atoms with van der Waals surface area (Å²) in [6.45, 7) is 8.03. The van der Waals surface area contributed by atoms with Crippen molar-refractivity contribution in [2.45, 2.75) is 19.5 Å². The van der Waals surface area contributed by atoms with E-state index in [4.69, 9.17) is 4.74 Å². The highest BCUT2D eigenvalue weighted by Gasteiger charge is 2.27. The lowest BCUT2D eigenvalue weighted by Crippen LogP contribution is -2.56. The number of carbonyl (C=O) groups is 2. The lowest BCUT2D eigenvalue weighted by atomic mass is 10.2. The zero-order valence-electron chi connectivity index (χ0n) is 15.4. The molecule has 0 saturated carbocycles. The topological polar surface area (TPSA) is 65.1 Å². The van der Waals surface area contributed by atoms with Crippen LogP contribution in [0, 0.1) is 0 Å². The Balaban J connectivity index is 1.43. The van der Waals surface area contributed by atoms with Gasteiger partial charge in [0.2, 0.25) is 5.91 Å². The molecule has 142 valence electrons. The minimum atomic E-state index is -0.508. The lowest BCUT2D eigenvalue weighted by molar-refractivity contribution is -0.134. The third kappa shape index (κ3) is 4.95. The number of urea groups is 1. The zero-order valence-corrected chi connectivity index (χ0v) is 15.4. The van der Waals surface area contributed by atoms with Crippen molar-refractivity contribution in [3.05, 3.63) is 35.9 Å². The maximum absolute atomic E-state index is 12.6. The smallest absolute Gasteiger partial charge is 0.318 e. The Morgan fingerprint density at radius 1 is 1.00 bits per heavy atom. The van der Waals surface area contributed by atoms with Crippen LogP contribution < -0.4 is 5.32 Å². The van der Waals surface area contributed by atoms with Gasteiger partial charge in [-0.25, -0.2) is 4.79 Å². The minimum Gasteiger partial charge on any atom is -0.378 e. The Labute approximate surface area is 154 Å². The quantitative estimate of drug-likeness (QED) is 0.861. The molecule has 3 rings (SSSR count). The average Bonchev–Trinajstić information content (AvgIpc) is 2.69. The van der Waals surface area contributed by atoms with Gasteiger partial charge in [0.25, 0.3) is 0 Å². The standard InChI is InChI=1S/C19H28N4O3/c1-16(20-19(25)23-11-13-26-14-12-23)18(24)22-9-7-21(8-10-22)15-17-5-3-2-4-6-17/h2-6,16H,7-15H2,1H3,(H,20,25)/t16-/m1/s1. The fraction of sp³-hybridized carbons (Fsp3) is 0.579. The van der Waals surface area contributed by atoms with Gasteiger partial charge in [-0.1, -0.05) is 30.3 Å². The van der Waals surface area contributed by atoms with E-state index in [0.717, 1.165) is 19.6 Å². The molecule has 7 heteroatoms. The second-order valence-corrected chi connectivity index (χ2v) is 6.86. The number of rotatable bonds is 4. The summed E-state index contributed by atoms with van der Waals surface area (Å²) >= 11 is 0. The van der Waals surface area contributed by atoms with Gasteiger partial charge in [-0.05, 0) is 12.5 Å². The van der Waals surface area contributed by atoms with Crippen LogP contribution in [-0.4, -0.2) is 85.2 Å². The fourth-order valence-electron chi connectivity index (χ4n) is 3.35. The molecule has 1 aromatic rings. The predicted octanol–water partition coefficient (Wildman–Crippen LogP) is 0.761. The van der Waals surface area contributed by atoms with Crippen LogP contribution in [0.15, 0.2) is 30.3 Å². The number of amides is 3. The average molecular weight is 360 g/mol. The molecule has 26 heavy (non-hydrogen) atoms. The van der Waals surface area contributed by atoms with Gasteiger partial charge in [0.1, 0.15) is 6.04 Å². The fourth-order valence-corrected chi connectivity index (χ4v) is 3.35. The van der Waals surface area contributed by atoms with E-state index in [0.29, 0.717) is 39.4 Å². The molecule has 1 aromatic carbocycles. The van der Waals surface area contributed by atoms with Gasteiger partial charge in [0.15, 0.2) is 0 Å². The third-order valence-electron chi connectivity index (χ3n) is 4.94. The highest BCUT2D eigenvalue weighted by Crippen LogP contribution is 2.09. The van der Waals surface area contributed by atoms with Gasteiger partial charge in [-0.15, -0.1) is 0 Å². The van der Waals surface area contributed by atoms with E-state index in [9.17, 15) is 9.59 Å². The summed E-state index contributed by atoms with van der Waals surface area (Å²) in [4.78, 5) is 30.8. The van der Waals surface area contributed by atoms with Crippen LogP contribution in [0.2, 0.25) is 0 Å². The molecular formula is C19H28N4O3. The van der Waals surface area contributed by atoms with Crippen molar-refractivity contribution >= 4 is 11.9 Å². The first-order valence-corrected chi connectivity index (χ1v) is 9.32. The summed E-state index contributed by atoms with van der Waals surface area (Å²) in [5.41, 5.74) is 1.29. The predicted molar refractivity (Wildman–Crippen MR) is 98.7 cm³/mol. The zero-order chi connectivity index (χ0) is 18.4. The highest BCUT2D eigenvalue weighted by molar-refractivity contribution is 5.86. The molecule has 2 aliphatic heterocycles. The van der Waals surface area contributed by atoms with Crippen molar-refractivity contribution < 1.29 is 14.3 Å². The molecular weight excluding hydrogens is 332 g/mol. The normalized spacial score (nSPS) is 19.9. The third-order valence-corrected chi connectivity index (χ3v) is 4.94. The number of hydrogen-bond acceptors (Lipinski definition) is 4. The van der Waals surface area contributed by atoms with Crippen molar-refractivity contribution in [2.24, 2.45) is 0 Å². The second-order valence-electron chi connectivity index (χ2n) is 6.86. The first-order valence-electron chi connectivity index (χ1n) is 9.32. The van der Waals surface area contributed by atoms with E-state index in [2.05, 4.69) is 22.3 Å². The summed E-state index contributed by atoms with van der Waals surface area (Å²) in [6.07, 6.45) is 0. The molecule has 2 fully saturated rings. The number of carbonyl (C=O) groups excluding carboxylic acids is 2. The Morgan fingerprint density at radius 2 is 1.65 bits per heavy atom. The van der Waals surface area contributed by atoms with Gasteiger partial charge in [0.05, 0.1) is 13.2 Å². The molecule has 0 unspecified atom stereocenters. The number of benzene rings is 1. The molecule has 0 spiro atoms. The monoisotopic (exact) mass is 360 g/mol. The molecule has 7 nitrogen and oxygen atoms in total. The number of piperazine rings is 1. The van der Waals surface area contributed by atoms with E-state index in [-0.39, 0.29) is 11.9 Å². The summed E-state index contributed by atoms with van der Waals surface area (Å²) in [6, 6.07) is 9.68. The molecule has 3 amide bonds. The largest absolute Gasteiger partial charge is 0.378 e. The van der Waals surface area contributed by atoms with Crippen molar-refractivity contribution in [3.63, 3.8) is 0 Å². The first kappa shape index (κ1) is 18.7. The Kier molecular flexibility index (Phi) is 6.46. The first-order chi connectivity index (χ1) is 12.6. The molecule has 1 N–H and O–H groups in total. The van der Waals surface area contributed by atoms with Gasteiger partial charge < -0.3 is 19.9 Å². The summed E-state index contributed by atoms with van der Waals surface area (Å²) < 4.78 is 5.25. The SMILES string of the molecule is C[C@@H](NC(=O)N1CCOCC1)C(=O)N1CCN(Cc2ccccc2)CC1. The summed E-state index contributed by atoms with van der Waals surface area (Å²) in [5, 5.41) is 2.82. The van der Waals surface area contributed by atoms with Crippen molar-refractivity contribution in [2.75, 3.05) is 52.5 Å². The van der Waals surface area contributed by atoms with Gasteiger partial charge >= 0.3 is 6.03 Å². The second kappa shape index (κ2) is 9.00. The maximum Gasteiger partial charge on any atom is 0.318 e. The van der Waals surface area contributed by atoms with Crippen LogP contribution in [0.1, 0.15) is 12.5 Å². The minimum absolute atomic E-state index is 0.00836. The molecule has 0 radical (unpaired) electrons. The Morgan fingerprint density at radius 3 is 2.31 bits per heavy atom. The van der Waals surface area contributed by atoms with Crippen molar-refractivity contribution in [3.8, 4) is 0 Å². The van der Waals surface area contributed by atoms with E-state index >= 15 is 0 Å². The van der Waals surface area contributed by atoms with Crippen LogP contribution in [0.4, 0.5) is 4.79 Å². The maximum atomic E-state index is 12.6. The number of morpholine rings is 1. The van der Waals surface area contributed by atoms with Crippen LogP contribution >= 0.6 is 0 Å². The van der Waals surface area contributed by atoms with Gasteiger partial charge in [-0.3, -0.25) is 9.69 Å². The summed E-state index contributed by atoms with van der Waals surface area (Å²) in [5.74, 6) is -0.00836. The molecule has 0 bridgehead atoms. The number of hydrogen-bond donors (Lipinski definition) is 1. The number of nitrogens with zero attached hydrogens (tertiary/aromatic N) is 3. The molecule has 2 saturated heterocycles. The Hall–Kier alpha value is -2.12. The molecule has 2 aliphatic rings. The molecule has 1 atom stereocenters. The number of nitrogens with one attached hydrogen (secondary N) is 1. The summed E-state index contributed by atoms with van der Waals surface area (Å²) in [7, 11) is 0. The van der Waals surface area contributed by atoms with Crippen molar-refractivity contribution in [1.29, 1.82) is 0 Å². The Bertz CT molecular complexity index is 596. The van der Waals surface area contributed by atoms with Gasteiger partial charge in [0, 0.05) is 45.8 Å². The molecule has 0 aliphatic carbocycles. The van der Waals surface area contributed by atoms with Crippen LogP contribution in [0.5, 0.6) is 0 Å². The van der Waals surface area contributed by atoms with E-state index in [1.54, 1.807) is 11.8 Å². The lowest BCUT2D eigenvalue weighted by Gasteiger charge is -2.36. The number of ether oxygens (including phenoxy) is 1. The van der Waals surface area contributed by atoms with Gasteiger partial charge in [-0.2, -0.15) is 0 Å². The molecule has 2 heterocycles. The van der Waals surface area contributed by atoms with Crippen LogP contribution in [0.25, 0.3) is 0 Å². The van der Waals surface area contributed by atoms with E-state index in [1.807, 2.05) is 23.1 Å². The van der Waals surface area contributed by atoms with Crippen molar-refractivity contribution in [1.82, 2.24) is 20.0 Å².